The molecule has 1 amide bonds. The van der Waals surface area contributed by atoms with Gasteiger partial charge in [0.25, 0.3) is 5.91 Å². The minimum absolute atomic E-state index is 0.0128. The fraction of sp³-hybridized carbons (Fsp3) is 0.111. The van der Waals surface area contributed by atoms with Crippen molar-refractivity contribution in [2.45, 2.75) is 12.8 Å². The first-order valence-corrected chi connectivity index (χ1v) is 10.8. The predicted molar refractivity (Wildman–Crippen MR) is 126 cm³/mol. The lowest BCUT2D eigenvalue weighted by Crippen LogP contribution is -2.15. The van der Waals surface area contributed by atoms with Gasteiger partial charge in [-0.3, -0.25) is 14.4 Å². The van der Waals surface area contributed by atoms with E-state index < -0.39 is 12.6 Å². The number of hydrogen-bond donors (Lipinski definition) is 1. The summed E-state index contributed by atoms with van der Waals surface area (Å²) in [6, 6.07) is 20.9. The number of esters is 1. The molecule has 35 heavy (non-hydrogen) atoms. The van der Waals surface area contributed by atoms with Gasteiger partial charge in [-0.05, 0) is 60.7 Å². The third-order valence-electron chi connectivity index (χ3n) is 5.09. The second kappa shape index (κ2) is 11.0. The van der Waals surface area contributed by atoms with E-state index in [9.17, 15) is 18.8 Å². The van der Waals surface area contributed by atoms with E-state index in [2.05, 4.69) is 10.3 Å². The SMILES string of the molecule is O=C(CCc1ncc(-c2ccc(F)cc2)o1)OCC(=O)c1ccc(NC(=O)c2ccccc2)cc1. The van der Waals surface area contributed by atoms with Gasteiger partial charge in [0, 0.05) is 28.8 Å². The lowest BCUT2D eigenvalue weighted by Gasteiger charge is -2.07. The molecule has 0 saturated heterocycles. The van der Waals surface area contributed by atoms with Crippen LogP contribution in [0.3, 0.4) is 0 Å². The Bertz CT molecular complexity index is 1320. The molecule has 0 atom stereocenters. The molecule has 3 aromatic carbocycles. The number of halogens is 1. The highest BCUT2D eigenvalue weighted by atomic mass is 19.1. The van der Waals surface area contributed by atoms with E-state index in [0.717, 1.165) is 0 Å². The number of aryl methyl sites for hydroxylation is 1. The number of oxazole rings is 1. The summed E-state index contributed by atoms with van der Waals surface area (Å²) in [5.41, 5.74) is 2.09. The normalized spacial score (nSPS) is 10.5. The Morgan fingerprint density at radius 3 is 2.31 bits per heavy atom. The van der Waals surface area contributed by atoms with Crippen LogP contribution in [-0.2, 0) is 16.0 Å². The van der Waals surface area contributed by atoms with Crippen LogP contribution in [0, 0.1) is 5.82 Å². The zero-order chi connectivity index (χ0) is 24.6. The van der Waals surface area contributed by atoms with Crippen molar-refractivity contribution in [2.24, 2.45) is 0 Å². The number of nitrogens with zero attached hydrogens (tertiary/aromatic N) is 1. The Labute approximate surface area is 200 Å². The standard InChI is InChI=1S/C27H21FN2O5/c28-21-10-6-19(7-11-21)24-16-29-25(35-24)14-15-26(32)34-17-23(31)18-8-12-22(13-9-18)30-27(33)20-4-2-1-3-5-20/h1-13,16H,14-15,17H2,(H,30,33). The first-order valence-electron chi connectivity index (χ1n) is 10.8. The Hall–Kier alpha value is -4.59. The predicted octanol–water partition coefficient (Wildman–Crippen LogP) is 5.09. The number of Topliss-reactive ketones (excluding diaryl/α,β-unsaturated/α-hetero) is 1. The van der Waals surface area contributed by atoms with Crippen molar-refractivity contribution in [2.75, 3.05) is 11.9 Å². The molecule has 0 unspecified atom stereocenters. The Balaban J connectivity index is 1.22. The topological polar surface area (TPSA) is 98.5 Å². The molecule has 0 fully saturated rings. The van der Waals surface area contributed by atoms with Gasteiger partial charge in [-0.15, -0.1) is 0 Å². The molecule has 0 bridgehead atoms. The highest BCUT2D eigenvalue weighted by molar-refractivity contribution is 6.04. The first kappa shape index (κ1) is 23.6. The quantitative estimate of drug-likeness (QED) is 0.269. The van der Waals surface area contributed by atoms with E-state index in [1.165, 1.54) is 18.3 Å². The van der Waals surface area contributed by atoms with Gasteiger partial charge < -0.3 is 14.5 Å². The lowest BCUT2D eigenvalue weighted by molar-refractivity contribution is -0.142. The largest absolute Gasteiger partial charge is 0.457 e. The maximum absolute atomic E-state index is 13.0. The molecule has 1 aromatic heterocycles. The average Bonchev–Trinajstić information content (AvgIpc) is 3.36. The van der Waals surface area contributed by atoms with Gasteiger partial charge in [0.05, 0.1) is 12.6 Å². The summed E-state index contributed by atoms with van der Waals surface area (Å²) in [7, 11) is 0. The maximum Gasteiger partial charge on any atom is 0.306 e. The average molecular weight is 472 g/mol. The highest BCUT2D eigenvalue weighted by Crippen LogP contribution is 2.21. The maximum atomic E-state index is 13.0. The second-order valence-electron chi connectivity index (χ2n) is 7.61. The molecule has 0 spiro atoms. The van der Waals surface area contributed by atoms with Crippen molar-refractivity contribution < 1.29 is 27.9 Å². The molecule has 8 heteroatoms. The van der Waals surface area contributed by atoms with E-state index >= 15 is 0 Å². The minimum Gasteiger partial charge on any atom is -0.457 e. The highest BCUT2D eigenvalue weighted by Gasteiger charge is 2.13. The van der Waals surface area contributed by atoms with Crippen molar-refractivity contribution in [3.8, 4) is 11.3 Å². The third kappa shape index (κ3) is 6.48. The van der Waals surface area contributed by atoms with Crippen LogP contribution in [0.15, 0.2) is 89.5 Å². The number of amides is 1. The zero-order valence-electron chi connectivity index (χ0n) is 18.6. The van der Waals surface area contributed by atoms with Gasteiger partial charge >= 0.3 is 5.97 Å². The van der Waals surface area contributed by atoms with Crippen molar-refractivity contribution >= 4 is 23.3 Å². The zero-order valence-corrected chi connectivity index (χ0v) is 18.6. The van der Waals surface area contributed by atoms with Gasteiger partial charge in [0.15, 0.2) is 24.0 Å². The van der Waals surface area contributed by atoms with E-state index in [0.29, 0.717) is 34.0 Å². The fourth-order valence-electron chi connectivity index (χ4n) is 3.22. The van der Waals surface area contributed by atoms with Crippen LogP contribution in [0.1, 0.15) is 33.0 Å². The van der Waals surface area contributed by atoms with Gasteiger partial charge in [0.1, 0.15) is 5.82 Å². The van der Waals surface area contributed by atoms with Gasteiger partial charge in [0.2, 0.25) is 0 Å². The summed E-state index contributed by atoms with van der Waals surface area (Å²) < 4.78 is 23.7. The molecule has 4 rings (SSSR count). The number of ether oxygens (including phenoxy) is 1. The van der Waals surface area contributed by atoms with Gasteiger partial charge in [-0.1, -0.05) is 18.2 Å². The fourth-order valence-corrected chi connectivity index (χ4v) is 3.22. The molecule has 7 nitrogen and oxygen atoms in total. The molecule has 0 saturated carbocycles. The number of hydrogen-bond acceptors (Lipinski definition) is 6. The van der Waals surface area contributed by atoms with Crippen LogP contribution < -0.4 is 5.32 Å². The van der Waals surface area contributed by atoms with E-state index in [4.69, 9.17) is 9.15 Å². The van der Waals surface area contributed by atoms with Crippen molar-refractivity contribution in [3.63, 3.8) is 0 Å². The smallest absolute Gasteiger partial charge is 0.306 e. The second-order valence-corrected chi connectivity index (χ2v) is 7.61. The number of benzene rings is 3. The minimum atomic E-state index is -0.563. The molecule has 1 N–H and O–H groups in total. The Morgan fingerprint density at radius 2 is 1.60 bits per heavy atom. The van der Waals surface area contributed by atoms with Crippen LogP contribution in [0.4, 0.5) is 10.1 Å². The number of rotatable bonds is 9. The van der Waals surface area contributed by atoms with Gasteiger partial charge in [-0.2, -0.15) is 0 Å². The van der Waals surface area contributed by atoms with Crippen LogP contribution in [0.25, 0.3) is 11.3 Å². The van der Waals surface area contributed by atoms with E-state index in [1.54, 1.807) is 60.7 Å². The molecule has 1 heterocycles. The lowest BCUT2D eigenvalue weighted by atomic mass is 10.1. The molecular weight excluding hydrogens is 451 g/mol. The number of nitrogens with one attached hydrogen (secondary N) is 1. The van der Waals surface area contributed by atoms with Crippen LogP contribution in [0.5, 0.6) is 0 Å². The summed E-state index contributed by atoms with van der Waals surface area (Å²) in [6.07, 6.45) is 1.69. The monoisotopic (exact) mass is 472 g/mol. The van der Waals surface area contributed by atoms with Crippen LogP contribution >= 0.6 is 0 Å². The number of anilines is 1. The molecule has 176 valence electrons. The van der Waals surface area contributed by atoms with E-state index in [1.807, 2.05) is 6.07 Å². The number of carbonyl (C=O) groups excluding carboxylic acids is 3. The first-order chi connectivity index (χ1) is 17.0. The van der Waals surface area contributed by atoms with Crippen molar-refractivity contribution in [1.29, 1.82) is 0 Å². The van der Waals surface area contributed by atoms with E-state index in [-0.39, 0.29) is 30.3 Å². The Kier molecular flexibility index (Phi) is 7.42. The van der Waals surface area contributed by atoms with Crippen molar-refractivity contribution in [1.82, 2.24) is 4.98 Å². The van der Waals surface area contributed by atoms with Crippen molar-refractivity contribution in [3.05, 3.63) is 108 Å². The third-order valence-corrected chi connectivity index (χ3v) is 5.09. The molecule has 0 aliphatic heterocycles. The number of carbonyl (C=O) groups is 3. The van der Waals surface area contributed by atoms with Gasteiger partial charge in [-0.25, -0.2) is 9.37 Å². The molecular formula is C27H21FN2O5. The summed E-state index contributed by atoms with van der Waals surface area (Å²) >= 11 is 0. The number of aromatic nitrogens is 1. The molecule has 0 aliphatic carbocycles. The summed E-state index contributed by atoms with van der Waals surface area (Å²) in [4.78, 5) is 40.7. The Morgan fingerprint density at radius 1 is 0.886 bits per heavy atom. The molecule has 4 aromatic rings. The summed E-state index contributed by atoms with van der Waals surface area (Å²) in [5, 5.41) is 2.75. The molecule has 0 aliphatic rings. The van der Waals surface area contributed by atoms with Crippen LogP contribution in [-0.4, -0.2) is 29.3 Å². The summed E-state index contributed by atoms with van der Waals surface area (Å²) in [5.74, 6) is -0.737. The molecule has 0 radical (unpaired) electrons. The van der Waals surface area contributed by atoms with Crippen LogP contribution in [0.2, 0.25) is 0 Å². The number of ketones is 1. The summed E-state index contributed by atoms with van der Waals surface area (Å²) in [6.45, 7) is -0.402.